The summed E-state index contributed by atoms with van der Waals surface area (Å²) in [5.41, 5.74) is 19.8. The van der Waals surface area contributed by atoms with E-state index in [1.54, 1.807) is 0 Å². The summed E-state index contributed by atoms with van der Waals surface area (Å²) in [5, 5.41) is 4.96. The van der Waals surface area contributed by atoms with Crippen LogP contribution in [0.1, 0.15) is 41.4 Å². The summed E-state index contributed by atoms with van der Waals surface area (Å²) >= 11 is 5.80. The van der Waals surface area contributed by atoms with Crippen LogP contribution >= 0.6 is 11.6 Å². The van der Waals surface area contributed by atoms with Crippen LogP contribution in [-0.2, 0) is 27.1 Å². The van der Waals surface area contributed by atoms with Gasteiger partial charge in [-0.05, 0) is 61.1 Å². The second-order valence-electron chi connectivity index (χ2n) is 9.84. The SMILES string of the molecule is CCc1ccc(NC(=O)OCCOCCOCCOc2ccc(CCCCN=C(N)NC(=O)c3nc(Cl)c(N)nc3N)cc2)cc1. The van der Waals surface area contributed by atoms with Crippen LogP contribution in [0.25, 0.3) is 0 Å². The van der Waals surface area contributed by atoms with E-state index in [4.69, 9.17) is 47.7 Å². The molecular weight excluding hydrogens is 616 g/mol. The minimum absolute atomic E-state index is 0.0577. The van der Waals surface area contributed by atoms with Crippen molar-refractivity contribution < 1.29 is 28.5 Å². The van der Waals surface area contributed by atoms with Gasteiger partial charge in [-0.15, -0.1) is 0 Å². The van der Waals surface area contributed by atoms with Gasteiger partial charge in [-0.1, -0.05) is 42.8 Å². The molecule has 14 nitrogen and oxygen atoms in total. The Bertz CT molecular complexity index is 1420. The van der Waals surface area contributed by atoms with Gasteiger partial charge < -0.3 is 36.1 Å². The first-order chi connectivity index (χ1) is 22.2. The van der Waals surface area contributed by atoms with Gasteiger partial charge in [0.05, 0.1) is 26.4 Å². The fourth-order valence-corrected chi connectivity index (χ4v) is 4.05. The van der Waals surface area contributed by atoms with Gasteiger partial charge in [-0.3, -0.25) is 20.4 Å². The van der Waals surface area contributed by atoms with Crippen molar-refractivity contribution in [3.8, 4) is 5.75 Å². The largest absolute Gasteiger partial charge is 0.491 e. The number of anilines is 3. The van der Waals surface area contributed by atoms with E-state index in [9.17, 15) is 9.59 Å². The zero-order valence-electron chi connectivity index (χ0n) is 25.8. The highest BCUT2D eigenvalue weighted by molar-refractivity contribution is 6.31. The van der Waals surface area contributed by atoms with Crippen molar-refractivity contribution in [2.24, 2.45) is 10.7 Å². The highest BCUT2D eigenvalue weighted by Crippen LogP contribution is 2.17. The Morgan fingerprint density at radius 2 is 1.50 bits per heavy atom. The first kappa shape index (κ1) is 35.8. The summed E-state index contributed by atoms with van der Waals surface area (Å²) in [4.78, 5) is 35.9. The summed E-state index contributed by atoms with van der Waals surface area (Å²) in [6.07, 6.45) is 2.91. The number of nitrogens with one attached hydrogen (secondary N) is 2. The molecule has 2 aromatic carbocycles. The highest BCUT2D eigenvalue weighted by Gasteiger charge is 2.16. The van der Waals surface area contributed by atoms with E-state index in [2.05, 4.69) is 32.5 Å². The van der Waals surface area contributed by atoms with E-state index in [1.807, 2.05) is 48.5 Å². The normalized spacial score (nSPS) is 11.2. The number of hydrogen-bond donors (Lipinski definition) is 5. The molecule has 0 aliphatic carbocycles. The third-order valence-corrected chi connectivity index (χ3v) is 6.66. The molecule has 15 heteroatoms. The molecule has 3 aromatic rings. The molecule has 8 N–H and O–H groups in total. The van der Waals surface area contributed by atoms with E-state index in [0.717, 1.165) is 37.0 Å². The second kappa shape index (κ2) is 19.7. The molecule has 0 fully saturated rings. The van der Waals surface area contributed by atoms with Crippen molar-refractivity contribution in [3.63, 3.8) is 0 Å². The minimum Gasteiger partial charge on any atom is -0.491 e. The molecule has 46 heavy (non-hydrogen) atoms. The van der Waals surface area contributed by atoms with Crippen LogP contribution in [-0.4, -0.2) is 74.1 Å². The Labute approximate surface area is 273 Å². The quantitative estimate of drug-likeness (QED) is 0.0758. The number of ether oxygens (including phenoxy) is 4. The number of rotatable bonds is 18. The van der Waals surface area contributed by atoms with Crippen LogP contribution in [0.4, 0.5) is 22.1 Å². The van der Waals surface area contributed by atoms with Crippen LogP contribution in [0.2, 0.25) is 5.15 Å². The molecule has 0 aliphatic heterocycles. The number of aryl methyl sites for hydroxylation is 2. The molecule has 1 aromatic heterocycles. The average Bonchev–Trinajstić information content (AvgIpc) is 3.04. The maximum absolute atomic E-state index is 12.3. The number of benzene rings is 2. The van der Waals surface area contributed by atoms with Crippen molar-refractivity contribution in [2.75, 3.05) is 63.0 Å². The maximum Gasteiger partial charge on any atom is 0.411 e. The summed E-state index contributed by atoms with van der Waals surface area (Å²) < 4.78 is 21.8. The number of amides is 2. The smallest absolute Gasteiger partial charge is 0.411 e. The van der Waals surface area contributed by atoms with E-state index < -0.39 is 12.0 Å². The molecular formula is C31H41ClN8O6. The zero-order chi connectivity index (χ0) is 33.1. The maximum atomic E-state index is 12.3. The first-order valence-corrected chi connectivity index (χ1v) is 15.2. The van der Waals surface area contributed by atoms with Gasteiger partial charge in [0, 0.05) is 12.2 Å². The number of carbonyl (C=O) groups is 2. The Morgan fingerprint density at radius 3 is 2.20 bits per heavy atom. The number of hydrogen-bond acceptors (Lipinski definition) is 11. The molecule has 0 saturated heterocycles. The third-order valence-electron chi connectivity index (χ3n) is 6.38. The molecule has 0 saturated carbocycles. The summed E-state index contributed by atoms with van der Waals surface area (Å²) in [7, 11) is 0. The number of halogens is 1. The zero-order valence-corrected chi connectivity index (χ0v) is 26.6. The first-order valence-electron chi connectivity index (χ1n) is 14.8. The van der Waals surface area contributed by atoms with Crippen LogP contribution in [0, 0.1) is 0 Å². The molecule has 3 rings (SSSR count). The van der Waals surface area contributed by atoms with E-state index >= 15 is 0 Å². The average molecular weight is 657 g/mol. The molecule has 1 heterocycles. The summed E-state index contributed by atoms with van der Waals surface area (Å²) in [5.74, 6) is -0.207. The summed E-state index contributed by atoms with van der Waals surface area (Å²) in [6, 6.07) is 15.5. The predicted octanol–water partition coefficient (Wildman–Crippen LogP) is 3.58. The summed E-state index contributed by atoms with van der Waals surface area (Å²) in [6.45, 7) is 4.54. The lowest BCUT2D eigenvalue weighted by Gasteiger charge is -2.09. The Hall–Kier alpha value is -4.66. The molecule has 2 amide bonds. The lowest BCUT2D eigenvalue weighted by atomic mass is 10.1. The third kappa shape index (κ3) is 13.1. The van der Waals surface area contributed by atoms with Crippen LogP contribution in [0.15, 0.2) is 53.5 Å². The van der Waals surface area contributed by atoms with Crippen molar-refractivity contribution in [2.45, 2.75) is 32.6 Å². The fourth-order valence-electron chi connectivity index (χ4n) is 3.93. The minimum atomic E-state index is -0.675. The van der Waals surface area contributed by atoms with Gasteiger partial charge in [0.25, 0.3) is 5.91 Å². The van der Waals surface area contributed by atoms with Gasteiger partial charge in [-0.25, -0.2) is 14.8 Å². The van der Waals surface area contributed by atoms with Gasteiger partial charge in [0.1, 0.15) is 19.0 Å². The second-order valence-corrected chi connectivity index (χ2v) is 10.2. The van der Waals surface area contributed by atoms with E-state index in [0.29, 0.717) is 38.7 Å². The molecule has 0 aliphatic rings. The number of aromatic nitrogens is 2. The molecule has 0 bridgehead atoms. The lowest BCUT2D eigenvalue weighted by Crippen LogP contribution is -2.38. The van der Waals surface area contributed by atoms with Crippen molar-refractivity contribution in [3.05, 3.63) is 70.5 Å². The topological polar surface area (TPSA) is 211 Å². The van der Waals surface area contributed by atoms with Crippen LogP contribution in [0.3, 0.4) is 0 Å². The number of nitrogens with zero attached hydrogens (tertiary/aromatic N) is 3. The number of nitrogen functional groups attached to an aromatic ring is 2. The molecule has 0 atom stereocenters. The number of guanidine groups is 1. The Morgan fingerprint density at radius 1 is 0.848 bits per heavy atom. The standard InChI is InChI=1S/C31H41ClN8O6/c1-2-21-6-10-23(11-7-21)37-31(42)46-20-18-44-16-15-43-17-19-45-24-12-8-22(9-13-24)5-3-4-14-36-30(35)40-29(41)25-27(33)39-28(34)26(32)38-25/h6-13H,2-5,14-20H2,1H3,(H,37,42)(H4,33,34,39)(H3,35,36,40,41). The molecule has 0 radical (unpaired) electrons. The number of nitrogens with two attached hydrogens (primary N) is 3. The predicted molar refractivity (Wildman–Crippen MR) is 177 cm³/mol. The van der Waals surface area contributed by atoms with E-state index in [1.165, 1.54) is 5.56 Å². The van der Waals surface area contributed by atoms with Gasteiger partial charge in [0.15, 0.2) is 28.4 Å². The van der Waals surface area contributed by atoms with Gasteiger partial charge in [0.2, 0.25) is 0 Å². The highest BCUT2D eigenvalue weighted by atomic mass is 35.5. The van der Waals surface area contributed by atoms with Crippen molar-refractivity contribution in [1.29, 1.82) is 0 Å². The van der Waals surface area contributed by atoms with Crippen LogP contribution in [0.5, 0.6) is 5.75 Å². The molecule has 0 unspecified atom stereocenters. The number of unbranched alkanes of at least 4 members (excludes halogenated alkanes) is 1. The Balaban J connectivity index is 1.17. The van der Waals surface area contributed by atoms with E-state index in [-0.39, 0.29) is 41.7 Å². The number of carbonyl (C=O) groups excluding carboxylic acids is 2. The molecule has 248 valence electrons. The lowest BCUT2D eigenvalue weighted by molar-refractivity contribution is 0.0222. The van der Waals surface area contributed by atoms with Gasteiger partial charge in [-0.2, -0.15) is 0 Å². The molecule has 0 spiro atoms. The Kier molecular flexibility index (Phi) is 15.3. The van der Waals surface area contributed by atoms with Gasteiger partial charge >= 0.3 is 6.09 Å². The van der Waals surface area contributed by atoms with Crippen molar-refractivity contribution in [1.82, 2.24) is 15.3 Å². The van der Waals surface area contributed by atoms with Crippen molar-refractivity contribution >= 4 is 46.9 Å². The number of aliphatic imine (C=N–C) groups is 1. The monoisotopic (exact) mass is 656 g/mol. The van der Waals surface area contributed by atoms with Crippen LogP contribution < -0.4 is 32.6 Å². The fraction of sp³-hybridized carbons (Fsp3) is 0.387.